The van der Waals surface area contributed by atoms with Gasteiger partial charge in [0.1, 0.15) is 0 Å². The summed E-state index contributed by atoms with van der Waals surface area (Å²) in [6.45, 7) is 1.86. The van der Waals surface area contributed by atoms with Crippen molar-refractivity contribution in [3.8, 4) is 0 Å². The van der Waals surface area contributed by atoms with Crippen molar-refractivity contribution < 1.29 is 13.2 Å². The summed E-state index contributed by atoms with van der Waals surface area (Å²) in [7, 11) is -3.46. The number of halogens is 1. The summed E-state index contributed by atoms with van der Waals surface area (Å²) in [4.78, 5) is 11.1. The summed E-state index contributed by atoms with van der Waals surface area (Å²) < 4.78 is 27.8. The molecule has 21 heavy (non-hydrogen) atoms. The molecule has 0 heterocycles. The van der Waals surface area contributed by atoms with Crippen LogP contribution in [0.1, 0.15) is 32.6 Å². The molecule has 0 aliphatic heterocycles. The van der Waals surface area contributed by atoms with Gasteiger partial charge in [-0.1, -0.05) is 35.4 Å². The fourth-order valence-electron chi connectivity index (χ4n) is 1.78. The van der Waals surface area contributed by atoms with Crippen molar-refractivity contribution in [3.05, 3.63) is 24.3 Å². The van der Waals surface area contributed by atoms with Gasteiger partial charge in [0.2, 0.25) is 15.9 Å². The number of sulfonamides is 1. The number of unbranched alkanes of at least 4 members (excludes halogenated alkanes) is 3. The molecule has 0 aliphatic rings. The van der Waals surface area contributed by atoms with Crippen LogP contribution in [0.15, 0.2) is 29.2 Å². The molecule has 0 aromatic heterocycles. The van der Waals surface area contributed by atoms with E-state index in [-0.39, 0.29) is 10.8 Å². The zero-order valence-corrected chi connectivity index (χ0v) is 15.0. The van der Waals surface area contributed by atoms with Crippen LogP contribution in [0.2, 0.25) is 0 Å². The molecule has 1 rings (SSSR count). The SMILES string of the molecule is CC(=O)Nc1ccc(S(=O)(=O)NCCCCCCI)cc1. The molecule has 7 heteroatoms. The second-order valence-corrected chi connectivity index (χ2v) is 7.55. The lowest BCUT2D eigenvalue weighted by atomic mass is 10.2. The van der Waals surface area contributed by atoms with Gasteiger partial charge in [0.05, 0.1) is 4.90 Å². The number of carbonyl (C=O) groups is 1. The van der Waals surface area contributed by atoms with Crippen LogP contribution in [0.3, 0.4) is 0 Å². The largest absolute Gasteiger partial charge is 0.326 e. The van der Waals surface area contributed by atoms with E-state index in [4.69, 9.17) is 0 Å². The highest BCUT2D eigenvalue weighted by atomic mass is 127. The number of anilines is 1. The molecule has 0 saturated carbocycles. The van der Waals surface area contributed by atoms with E-state index in [1.54, 1.807) is 12.1 Å². The monoisotopic (exact) mass is 424 g/mol. The molecule has 0 fully saturated rings. The Morgan fingerprint density at radius 3 is 2.29 bits per heavy atom. The van der Waals surface area contributed by atoms with Crippen LogP contribution in [0.5, 0.6) is 0 Å². The first-order valence-corrected chi connectivity index (χ1v) is 9.90. The Kier molecular flexibility index (Phi) is 8.20. The predicted molar refractivity (Wildman–Crippen MR) is 93.3 cm³/mol. The highest BCUT2D eigenvalue weighted by Gasteiger charge is 2.12. The number of benzene rings is 1. The van der Waals surface area contributed by atoms with E-state index in [0.29, 0.717) is 12.2 Å². The maximum atomic E-state index is 12.1. The molecule has 0 radical (unpaired) electrons. The van der Waals surface area contributed by atoms with Crippen LogP contribution in [-0.2, 0) is 14.8 Å². The Balaban J connectivity index is 2.48. The number of rotatable bonds is 9. The summed E-state index contributed by atoms with van der Waals surface area (Å²) in [5.41, 5.74) is 0.584. The van der Waals surface area contributed by atoms with Crippen LogP contribution < -0.4 is 10.0 Å². The van der Waals surface area contributed by atoms with Gasteiger partial charge in [-0.25, -0.2) is 13.1 Å². The number of hydrogen-bond donors (Lipinski definition) is 2. The number of hydrogen-bond acceptors (Lipinski definition) is 3. The van der Waals surface area contributed by atoms with Crippen molar-refractivity contribution in [1.29, 1.82) is 0 Å². The third-order valence-corrected chi connectivity index (χ3v) is 5.08. The third kappa shape index (κ3) is 7.23. The van der Waals surface area contributed by atoms with Gasteiger partial charge in [-0.3, -0.25) is 4.79 Å². The molecular formula is C14H21IN2O3S. The van der Waals surface area contributed by atoms with Gasteiger partial charge in [-0.2, -0.15) is 0 Å². The Morgan fingerprint density at radius 1 is 1.10 bits per heavy atom. The number of amides is 1. The zero-order chi connectivity index (χ0) is 15.7. The molecule has 0 saturated heterocycles. The summed E-state index contributed by atoms with van der Waals surface area (Å²) in [6, 6.07) is 6.14. The lowest BCUT2D eigenvalue weighted by Gasteiger charge is -2.08. The van der Waals surface area contributed by atoms with E-state index in [2.05, 4.69) is 32.6 Å². The average molecular weight is 424 g/mol. The molecular weight excluding hydrogens is 403 g/mol. The fourth-order valence-corrected chi connectivity index (χ4v) is 3.40. The predicted octanol–water partition coefficient (Wildman–Crippen LogP) is 2.92. The molecule has 0 bridgehead atoms. The van der Waals surface area contributed by atoms with E-state index in [1.807, 2.05) is 0 Å². The molecule has 1 amide bonds. The smallest absolute Gasteiger partial charge is 0.240 e. The van der Waals surface area contributed by atoms with Crippen molar-refractivity contribution >= 4 is 44.2 Å². The Bertz CT molecular complexity index is 544. The van der Waals surface area contributed by atoms with Crippen LogP contribution in [0.4, 0.5) is 5.69 Å². The highest BCUT2D eigenvalue weighted by molar-refractivity contribution is 14.1. The Morgan fingerprint density at radius 2 is 1.71 bits per heavy atom. The maximum Gasteiger partial charge on any atom is 0.240 e. The van der Waals surface area contributed by atoms with Gasteiger partial charge in [-0.15, -0.1) is 0 Å². The minimum Gasteiger partial charge on any atom is -0.326 e. The van der Waals surface area contributed by atoms with Gasteiger partial charge in [0, 0.05) is 19.2 Å². The maximum absolute atomic E-state index is 12.1. The molecule has 0 spiro atoms. The molecule has 0 aliphatic carbocycles. The van der Waals surface area contributed by atoms with Crippen molar-refractivity contribution in [1.82, 2.24) is 4.72 Å². The minimum absolute atomic E-state index is 0.185. The van der Waals surface area contributed by atoms with E-state index in [1.165, 1.54) is 25.5 Å². The number of nitrogens with one attached hydrogen (secondary N) is 2. The number of carbonyl (C=O) groups excluding carboxylic acids is 1. The van der Waals surface area contributed by atoms with Gasteiger partial charge >= 0.3 is 0 Å². The van der Waals surface area contributed by atoms with Gasteiger partial charge < -0.3 is 5.32 Å². The van der Waals surface area contributed by atoms with E-state index in [9.17, 15) is 13.2 Å². The molecule has 0 atom stereocenters. The first-order chi connectivity index (χ1) is 9.95. The minimum atomic E-state index is -3.46. The first-order valence-electron chi connectivity index (χ1n) is 6.89. The standard InChI is InChI=1S/C14H21IN2O3S/c1-12(18)17-13-6-8-14(9-7-13)21(19,20)16-11-5-3-2-4-10-15/h6-9,16H,2-5,10-11H2,1H3,(H,17,18). The second-order valence-electron chi connectivity index (χ2n) is 4.71. The van der Waals surface area contributed by atoms with Crippen molar-refractivity contribution in [3.63, 3.8) is 0 Å². The highest BCUT2D eigenvalue weighted by Crippen LogP contribution is 2.14. The first kappa shape index (κ1) is 18.4. The quantitative estimate of drug-likeness (QED) is 0.364. The molecule has 5 nitrogen and oxygen atoms in total. The van der Waals surface area contributed by atoms with Crippen LogP contribution in [0, 0.1) is 0 Å². The van der Waals surface area contributed by atoms with Gasteiger partial charge in [-0.05, 0) is 41.5 Å². The lowest BCUT2D eigenvalue weighted by molar-refractivity contribution is -0.114. The summed E-state index contributed by atoms with van der Waals surface area (Å²) in [5, 5.41) is 2.60. The van der Waals surface area contributed by atoms with Crippen LogP contribution in [0.25, 0.3) is 0 Å². The molecule has 2 N–H and O–H groups in total. The normalized spacial score (nSPS) is 11.3. The molecule has 1 aromatic carbocycles. The third-order valence-electron chi connectivity index (χ3n) is 2.84. The Hall–Kier alpha value is -0.670. The van der Waals surface area contributed by atoms with Crippen molar-refractivity contribution in [2.75, 3.05) is 16.3 Å². The summed E-state index contributed by atoms with van der Waals surface area (Å²) >= 11 is 2.34. The van der Waals surface area contributed by atoms with Crippen molar-refractivity contribution in [2.24, 2.45) is 0 Å². The van der Waals surface area contributed by atoms with Crippen LogP contribution in [-0.4, -0.2) is 25.3 Å². The topological polar surface area (TPSA) is 75.3 Å². The molecule has 118 valence electrons. The Labute approximate surface area is 140 Å². The molecule has 0 unspecified atom stereocenters. The van der Waals surface area contributed by atoms with Gasteiger partial charge in [0.25, 0.3) is 0 Å². The van der Waals surface area contributed by atoms with Gasteiger partial charge in [0.15, 0.2) is 0 Å². The molecule has 1 aromatic rings. The van der Waals surface area contributed by atoms with Crippen LogP contribution >= 0.6 is 22.6 Å². The summed E-state index contributed by atoms with van der Waals surface area (Å²) in [5.74, 6) is -0.185. The zero-order valence-electron chi connectivity index (χ0n) is 12.1. The summed E-state index contributed by atoms with van der Waals surface area (Å²) in [6.07, 6.45) is 4.20. The van der Waals surface area contributed by atoms with E-state index in [0.717, 1.165) is 23.7 Å². The van der Waals surface area contributed by atoms with Crippen molar-refractivity contribution in [2.45, 2.75) is 37.5 Å². The second kappa shape index (κ2) is 9.37. The number of alkyl halides is 1. The van der Waals surface area contributed by atoms with E-state index < -0.39 is 10.0 Å². The van der Waals surface area contributed by atoms with E-state index >= 15 is 0 Å². The lowest BCUT2D eigenvalue weighted by Crippen LogP contribution is -2.24. The fraction of sp³-hybridized carbons (Fsp3) is 0.500. The average Bonchev–Trinajstić information content (AvgIpc) is 2.42.